The second-order valence-corrected chi connectivity index (χ2v) is 7.94. The summed E-state index contributed by atoms with van der Waals surface area (Å²) in [5.41, 5.74) is 2.52. The molecule has 2 nitrogen and oxygen atoms in total. The Bertz CT molecular complexity index is 488. The van der Waals surface area contributed by atoms with Gasteiger partial charge in [-0.05, 0) is 57.9 Å². The minimum atomic E-state index is 0.168. The van der Waals surface area contributed by atoms with Crippen LogP contribution >= 0.6 is 0 Å². The summed E-state index contributed by atoms with van der Waals surface area (Å²) in [6, 6.07) is 8.58. The van der Waals surface area contributed by atoms with Crippen LogP contribution in [0.4, 0.5) is 0 Å². The van der Waals surface area contributed by atoms with Crippen LogP contribution in [0.2, 0.25) is 0 Å². The monoisotopic (exact) mass is 273 g/mol. The molecule has 2 aliphatic rings. The zero-order valence-corrected chi connectivity index (χ0v) is 13.3. The van der Waals surface area contributed by atoms with E-state index in [9.17, 15) is 0 Å². The quantitative estimate of drug-likeness (QED) is 0.898. The second-order valence-electron chi connectivity index (χ2n) is 7.94. The third kappa shape index (κ3) is 2.46. The van der Waals surface area contributed by atoms with Gasteiger partial charge in [-0.3, -0.25) is 0 Å². The summed E-state index contributed by atoms with van der Waals surface area (Å²) >= 11 is 0. The first-order valence-electron chi connectivity index (χ1n) is 7.77. The number of rotatable bonds is 4. The maximum atomic E-state index is 5.62. The number of methoxy groups -OCH3 is 1. The van der Waals surface area contributed by atoms with Crippen LogP contribution in [0.15, 0.2) is 24.3 Å². The van der Waals surface area contributed by atoms with Gasteiger partial charge in [0.1, 0.15) is 5.75 Å². The number of hydrogen-bond donors (Lipinski definition) is 1. The van der Waals surface area contributed by atoms with E-state index in [2.05, 4.69) is 50.4 Å². The van der Waals surface area contributed by atoms with Gasteiger partial charge in [-0.2, -0.15) is 0 Å². The van der Waals surface area contributed by atoms with Crippen molar-refractivity contribution < 1.29 is 4.74 Å². The highest BCUT2D eigenvalue weighted by Crippen LogP contribution is 2.69. The Morgan fingerprint density at radius 2 is 1.80 bits per heavy atom. The van der Waals surface area contributed by atoms with E-state index < -0.39 is 0 Å². The van der Waals surface area contributed by atoms with Crippen molar-refractivity contribution in [1.29, 1.82) is 0 Å². The predicted molar refractivity (Wildman–Crippen MR) is 83.3 cm³/mol. The lowest BCUT2D eigenvalue weighted by molar-refractivity contribution is 0.105. The van der Waals surface area contributed by atoms with Gasteiger partial charge < -0.3 is 10.1 Å². The van der Waals surface area contributed by atoms with Crippen molar-refractivity contribution >= 4 is 0 Å². The Labute approximate surface area is 122 Å². The van der Waals surface area contributed by atoms with E-state index in [0.717, 1.165) is 12.3 Å². The maximum Gasteiger partial charge on any atom is 0.122 e. The molecule has 2 aliphatic carbocycles. The van der Waals surface area contributed by atoms with Crippen LogP contribution in [0.3, 0.4) is 0 Å². The van der Waals surface area contributed by atoms with Gasteiger partial charge in [-0.15, -0.1) is 0 Å². The molecule has 0 atom stereocenters. The van der Waals surface area contributed by atoms with Crippen LogP contribution in [0.1, 0.15) is 52.0 Å². The smallest absolute Gasteiger partial charge is 0.122 e. The molecule has 0 aromatic heterocycles. The Hall–Kier alpha value is -1.02. The lowest BCUT2D eigenvalue weighted by Crippen LogP contribution is -2.53. The van der Waals surface area contributed by atoms with E-state index in [4.69, 9.17) is 4.74 Å². The molecule has 0 amide bonds. The standard InChI is InChI=1S/C18H27NO/c1-16(2,3)19-13-18(11-17(12-18)9-10-17)14-7-5-6-8-15(14)20-4/h5-8,19H,9-13H2,1-4H3. The summed E-state index contributed by atoms with van der Waals surface area (Å²) in [5.74, 6) is 1.05. The van der Waals surface area contributed by atoms with Crippen LogP contribution in [0, 0.1) is 5.41 Å². The summed E-state index contributed by atoms with van der Waals surface area (Å²) in [6.45, 7) is 7.79. The third-order valence-electron chi connectivity index (χ3n) is 5.02. The van der Waals surface area contributed by atoms with Crippen molar-refractivity contribution in [3.8, 4) is 5.75 Å². The average Bonchev–Trinajstić information content (AvgIpc) is 3.14. The largest absolute Gasteiger partial charge is 0.496 e. The lowest BCUT2D eigenvalue weighted by Gasteiger charge is -2.51. The van der Waals surface area contributed by atoms with Gasteiger partial charge in [0.2, 0.25) is 0 Å². The van der Waals surface area contributed by atoms with Gasteiger partial charge in [-0.1, -0.05) is 18.2 Å². The fourth-order valence-electron chi connectivity index (χ4n) is 3.84. The van der Waals surface area contributed by atoms with E-state index >= 15 is 0 Å². The number of nitrogens with one attached hydrogen (secondary N) is 1. The normalized spacial score (nSPS) is 22.4. The van der Waals surface area contributed by atoms with Gasteiger partial charge in [0.15, 0.2) is 0 Å². The average molecular weight is 273 g/mol. The van der Waals surface area contributed by atoms with Gasteiger partial charge in [0.05, 0.1) is 7.11 Å². The minimum absolute atomic E-state index is 0.168. The van der Waals surface area contributed by atoms with Crippen LogP contribution < -0.4 is 10.1 Å². The fraction of sp³-hybridized carbons (Fsp3) is 0.667. The molecule has 0 unspecified atom stereocenters. The number of ether oxygens (including phenoxy) is 1. The van der Waals surface area contributed by atoms with Crippen LogP contribution in [-0.2, 0) is 5.41 Å². The summed E-state index contributed by atoms with van der Waals surface area (Å²) < 4.78 is 5.62. The molecule has 2 fully saturated rings. The van der Waals surface area contributed by atoms with E-state index in [1.54, 1.807) is 7.11 Å². The molecule has 0 heterocycles. The second kappa shape index (κ2) is 4.49. The third-order valence-corrected chi connectivity index (χ3v) is 5.02. The Kier molecular flexibility index (Phi) is 3.13. The fourth-order valence-corrected chi connectivity index (χ4v) is 3.84. The highest BCUT2D eigenvalue weighted by atomic mass is 16.5. The number of benzene rings is 1. The molecule has 1 aromatic carbocycles. The SMILES string of the molecule is COc1ccccc1C1(CNC(C)(C)C)CC2(CC2)C1. The van der Waals surface area contributed by atoms with E-state index in [-0.39, 0.29) is 11.0 Å². The Balaban J connectivity index is 1.86. The Morgan fingerprint density at radius 1 is 1.15 bits per heavy atom. The van der Waals surface area contributed by atoms with Crippen molar-refractivity contribution in [3.63, 3.8) is 0 Å². The molecule has 3 rings (SSSR count). The molecule has 0 saturated heterocycles. The van der Waals surface area contributed by atoms with E-state index in [0.29, 0.717) is 5.41 Å². The lowest BCUT2D eigenvalue weighted by atomic mass is 9.56. The van der Waals surface area contributed by atoms with E-state index in [1.807, 2.05) is 0 Å². The van der Waals surface area contributed by atoms with Gasteiger partial charge >= 0.3 is 0 Å². The molecule has 20 heavy (non-hydrogen) atoms. The first-order valence-corrected chi connectivity index (χ1v) is 7.77. The van der Waals surface area contributed by atoms with Crippen molar-refractivity contribution in [3.05, 3.63) is 29.8 Å². The first kappa shape index (κ1) is 13.9. The number of para-hydroxylation sites is 1. The highest BCUT2D eigenvalue weighted by Gasteiger charge is 2.61. The first-order chi connectivity index (χ1) is 9.38. The van der Waals surface area contributed by atoms with Crippen LogP contribution in [-0.4, -0.2) is 19.2 Å². The van der Waals surface area contributed by atoms with E-state index in [1.165, 1.54) is 31.2 Å². The van der Waals surface area contributed by atoms with Crippen LogP contribution in [0.5, 0.6) is 5.75 Å². The van der Waals surface area contributed by atoms with Crippen molar-refractivity contribution in [2.75, 3.05) is 13.7 Å². The molecule has 110 valence electrons. The number of hydrogen-bond acceptors (Lipinski definition) is 2. The minimum Gasteiger partial charge on any atom is -0.496 e. The summed E-state index contributed by atoms with van der Waals surface area (Å²) in [4.78, 5) is 0. The zero-order chi connectivity index (χ0) is 14.4. The summed E-state index contributed by atoms with van der Waals surface area (Å²) in [7, 11) is 1.79. The van der Waals surface area contributed by atoms with Gasteiger partial charge in [-0.25, -0.2) is 0 Å². The molecule has 0 radical (unpaired) electrons. The molecule has 2 heteroatoms. The summed E-state index contributed by atoms with van der Waals surface area (Å²) in [5, 5.41) is 3.72. The van der Waals surface area contributed by atoms with Gasteiger partial charge in [0, 0.05) is 23.1 Å². The molecule has 1 N–H and O–H groups in total. The molecule has 1 aromatic rings. The highest BCUT2D eigenvalue weighted by molar-refractivity contribution is 5.44. The molecular formula is C18H27NO. The molecule has 0 bridgehead atoms. The topological polar surface area (TPSA) is 21.3 Å². The molecule has 0 aliphatic heterocycles. The predicted octanol–water partition coefficient (Wildman–Crippen LogP) is 3.90. The summed E-state index contributed by atoms with van der Waals surface area (Å²) in [6.07, 6.45) is 5.51. The van der Waals surface area contributed by atoms with Crippen molar-refractivity contribution in [2.24, 2.45) is 5.41 Å². The van der Waals surface area contributed by atoms with Crippen LogP contribution in [0.25, 0.3) is 0 Å². The zero-order valence-electron chi connectivity index (χ0n) is 13.3. The van der Waals surface area contributed by atoms with Crippen molar-refractivity contribution in [2.45, 2.75) is 57.4 Å². The van der Waals surface area contributed by atoms with Crippen molar-refractivity contribution in [1.82, 2.24) is 5.32 Å². The van der Waals surface area contributed by atoms with Gasteiger partial charge in [0.25, 0.3) is 0 Å². The maximum absolute atomic E-state index is 5.62. The molecule has 2 saturated carbocycles. The Morgan fingerprint density at radius 3 is 2.35 bits per heavy atom. The molecular weight excluding hydrogens is 246 g/mol. The molecule has 1 spiro atoms.